The number of hydrogen-bond acceptors (Lipinski definition) is 6. The summed E-state index contributed by atoms with van der Waals surface area (Å²) in [5.74, 6) is 1.10. The van der Waals surface area contributed by atoms with Crippen LogP contribution in [-0.2, 0) is 0 Å². The number of aromatic nitrogens is 3. The Hall–Kier alpha value is -2.08. The second kappa shape index (κ2) is 4.84. The molecule has 2 N–H and O–H groups in total. The van der Waals surface area contributed by atoms with Gasteiger partial charge in [-0.25, -0.2) is 0 Å². The molecule has 17 heavy (non-hydrogen) atoms. The predicted octanol–water partition coefficient (Wildman–Crippen LogP) is 1.91. The van der Waals surface area contributed by atoms with Crippen LogP contribution in [0.4, 0.5) is 5.95 Å². The minimum atomic E-state index is 0.0642. The Bertz CT molecular complexity index is 535. The molecule has 7 heteroatoms. The first kappa shape index (κ1) is 11.4. The number of hydrogen-bond donors (Lipinski definition) is 1. The van der Waals surface area contributed by atoms with E-state index in [2.05, 4.69) is 15.0 Å². The summed E-state index contributed by atoms with van der Waals surface area (Å²) >= 11 is 5.78. The smallest absolute Gasteiger partial charge is 0.227 e. The molecule has 0 unspecified atom stereocenters. The molecule has 6 nitrogen and oxygen atoms in total. The van der Waals surface area contributed by atoms with Gasteiger partial charge in [0, 0.05) is 12.3 Å². The molecule has 0 aliphatic rings. The van der Waals surface area contributed by atoms with Crippen molar-refractivity contribution >= 4 is 17.5 Å². The fraction of sp³-hybridized carbons (Fsp3) is 0.100. The number of anilines is 1. The number of ether oxygens (including phenoxy) is 2. The molecule has 0 aliphatic carbocycles. The number of nitrogens with two attached hydrogens (primary N) is 1. The van der Waals surface area contributed by atoms with Gasteiger partial charge in [0.25, 0.3) is 0 Å². The van der Waals surface area contributed by atoms with Crippen LogP contribution in [0.25, 0.3) is 0 Å². The van der Waals surface area contributed by atoms with Gasteiger partial charge < -0.3 is 15.2 Å². The zero-order valence-electron chi connectivity index (χ0n) is 8.92. The third-order valence-corrected chi connectivity index (χ3v) is 2.01. The quantitative estimate of drug-likeness (QED) is 0.898. The summed E-state index contributed by atoms with van der Waals surface area (Å²) in [6.45, 7) is 0. The van der Waals surface area contributed by atoms with Crippen LogP contribution in [0.3, 0.4) is 0 Å². The Kier molecular flexibility index (Phi) is 3.24. The van der Waals surface area contributed by atoms with Crippen LogP contribution < -0.4 is 15.2 Å². The molecule has 0 saturated carbocycles. The number of rotatable bonds is 3. The summed E-state index contributed by atoms with van der Waals surface area (Å²) in [7, 11) is 1.48. The maximum atomic E-state index is 5.78. The molecule has 0 fully saturated rings. The van der Waals surface area contributed by atoms with E-state index in [-0.39, 0.29) is 11.8 Å². The molecule has 0 aromatic carbocycles. The maximum Gasteiger partial charge on any atom is 0.227 e. The Morgan fingerprint density at radius 2 is 1.94 bits per heavy atom. The molecule has 0 aliphatic heterocycles. The summed E-state index contributed by atoms with van der Waals surface area (Å²) in [6.07, 6.45) is 3.01. The highest BCUT2D eigenvalue weighted by molar-refractivity contribution is 6.30. The molecule has 2 heterocycles. The highest BCUT2D eigenvalue weighted by atomic mass is 35.5. The highest BCUT2D eigenvalue weighted by Crippen LogP contribution is 2.24. The molecule has 0 spiro atoms. The van der Waals surface area contributed by atoms with Crippen molar-refractivity contribution in [2.75, 3.05) is 12.8 Å². The maximum absolute atomic E-state index is 5.78. The van der Waals surface area contributed by atoms with Gasteiger partial charge in [0.1, 0.15) is 5.75 Å². The lowest BCUT2D eigenvalue weighted by atomic mass is 10.4. The van der Waals surface area contributed by atoms with E-state index < -0.39 is 0 Å². The standard InChI is InChI=1S/C10H9ClN4O2/c1-16-8-3-9(15-10(12)14-8)17-7-2-6(11)4-13-5-7/h2-5H,1H3,(H2,12,14,15). The second-order valence-electron chi connectivity index (χ2n) is 3.05. The van der Waals surface area contributed by atoms with E-state index >= 15 is 0 Å². The zero-order chi connectivity index (χ0) is 12.3. The van der Waals surface area contributed by atoms with Gasteiger partial charge in [0.05, 0.1) is 24.4 Å². The van der Waals surface area contributed by atoms with Gasteiger partial charge >= 0.3 is 0 Å². The summed E-state index contributed by atoms with van der Waals surface area (Å²) < 4.78 is 10.4. The molecule has 0 atom stereocenters. The van der Waals surface area contributed by atoms with E-state index in [4.69, 9.17) is 26.8 Å². The first-order chi connectivity index (χ1) is 8.17. The fourth-order valence-corrected chi connectivity index (χ4v) is 1.31. The van der Waals surface area contributed by atoms with E-state index in [1.807, 2.05) is 0 Å². The first-order valence-electron chi connectivity index (χ1n) is 4.64. The zero-order valence-corrected chi connectivity index (χ0v) is 9.68. The summed E-state index contributed by atoms with van der Waals surface area (Å²) in [6, 6.07) is 3.12. The van der Waals surface area contributed by atoms with Gasteiger partial charge in [-0.3, -0.25) is 4.98 Å². The Morgan fingerprint density at radius 3 is 2.65 bits per heavy atom. The number of methoxy groups -OCH3 is 1. The molecule has 0 saturated heterocycles. The largest absolute Gasteiger partial charge is 0.481 e. The average molecular weight is 253 g/mol. The fourth-order valence-electron chi connectivity index (χ4n) is 1.15. The van der Waals surface area contributed by atoms with Crippen LogP contribution in [0.5, 0.6) is 17.5 Å². The summed E-state index contributed by atoms with van der Waals surface area (Å²) in [4.78, 5) is 11.6. The van der Waals surface area contributed by atoms with Gasteiger partial charge in [0.15, 0.2) is 0 Å². The van der Waals surface area contributed by atoms with Crippen molar-refractivity contribution in [1.82, 2.24) is 15.0 Å². The average Bonchev–Trinajstić information content (AvgIpc) is 2.28. The van der Waals surface area contributed by atoms with E-state index in [1.54, 1.807) is 6.07 Å². The van der Waals surface area contributed by atoms with Crippen LogP contribution in [0, 0.1) is 0 Å². The number of nitrogens with zero attached hydrogens (tertiary/aromatic N) is 3. The van der Waals surface area contributed by atoms with Crippen molar-refractivity contribution in [3.05, 3.63) is 29.5 Å². The van der Waals surface area contributed by atoms with E-state index in [0.29, 0.717) is 16.7 Å². The number of halogens is 1. The van der Waals surface area contributed by atoms with Crippen molar-refractivity contribution in [3.63, 3.8) is 0 Å². The van der Waals surface area contributed by atoms with Crippen LogP contribution in [0.1, 0.15) is 0 Å². The lowest BCUT2D eigenvalue weighted by molar-refractivity contribution is 0.389. The van der Waals surface area contributed by atoms with Gasteiger partial charge in [0.2, 0.25) is 17.7 Å². The van der Waals surface area contributed by atoms with Gasteiger partial charge in [-0.05, 0) is 0 Å². The third-order valence-electron chi connectivity index (χ3n) is 1.81. The SMILES string of the molecule is COc1cc(Oc2cncc(Cl)c2)nc(N)n1. The lowest BCUT2D eigenvalue weighted by Crippen LogP contribution is -1.99. The summed E-state index contributed by atoms with van der Waals surface area (Å²) in [5, 5.41) is 0.469. The Labute approximate surface area is 102 Å². The number of nitrogen functional groups attached to an aromatic ring is 1. The van der Waals surface area contributed by atoms with Gasteiger partial charge in [-0.1, -0.05) is 11.6 Å². The molecule has 0 bridgehead atoms. The Morgan fingerprint density at radius 1 is 1.18 bits per heavy atom. The van der Waals surface area contributed by atoms with Gasteiger partial charge in [-0.15, -0.1) is 0 Å². The molecule has 2 aromatic rings. The first-order valence-corrected chi connectivity index (χ1v) is 5.02. The lowest BCUT2D eigenvalue weighted by Gasteiger charge is -2.06. The highest BCUT2D eigenvalue weighted by Gasteiger charge is 2.05. The van der Waals surface area contributed by atoms with E-state index in [9.17, 15) is 0 Å². The molecule has 2 rings (SSSR count). The molecule has 2 aromatic heterocycles. The molecule has 88 valence electrons. The molecular formula is C10H9ClN4O2. The minimum Gasteiger partial charge on any atom is -0.481 e. The van der Waals surface area contributed by atoms with Crippen LogP contribution >= 0.6 is 11.6 Å². The van der Waals surface area contributed by atoms with Crippen LogP contribution in [0.2, 0.25) is 5.02 Å². The minimum absolute atomic E-state index is 0.0642. The monoisotopic (exact) mass is 252 g/mol. The topological polar surface area (TPSA) is 83.2 Å². The molecule has 0 amide bonds. The summed E-state index contributed by atoms with van der Waals surface area (Å²) in [5.41, 5.74) is 5.49. The van der Waals surface area contributed by atoms with Gasteiger partial charge in [-0.2, -0.15) is 9.97 Å². The van der Waals surface area contributed by atoms with Crippen molar-refractivity contribution in [2.45, 2.75) is 0 Å². The third kappa shape index (κ3) is 2.94. The van der Waals surface area contributed by atoms with Crippen molar-refractivity contribution in [2.24, 2.45) is 0 Å². The van der Waals surface area contributed by atoms with Crippen molar-refractivity contribution < 1.29 is 9.47 Å². The second-order valence-corrected chi connectivity index (χ2v) is 3.48. The Balaban J connectivity index is 2.26. The van der Waals surface area contributed by atoms with Crippen molar-refractivity contribution in [1.29, 1.82) is 0 Å². The molecule has 0 radical (unpaired) electrons. The van der Waals surface area contributed by atoms with Crippen molar-refractivity contribution in [3.8, 4) is 17.5 Å². The van der Waals surface area contributed by atoms with Crippen LogP contribution in [0.15, 0.2) is 24.5 Å². The van der Waals surface area contributed by atoms with E-state index in [1.165, 1.54) is 25.6 Å². The molecular weight excluding hydrogens is 244 g/mol. The van der Waals surface area contributed by atoms with Crippen LogP contribution in [-0.4, -0.2) is 22.1 Å². The van der Waals surface area contributed by atoms with E-state index in [0.717, 1.165) is 0 Å². The number of pyridine rings is 1. The predicted molar refractivity (Wildman–Crippen MR) is 62.3 cm³/mol. The normalized spacial score (nSPS) is 10.0.